The number of rotatable bonds is 8. The van der Waals surface area contributed by atoms with Gasteiger partial charge in [-0.1, -0.05) is 41.9 Å². The van der Waals surface area contributed by atoms with Crippen molar-refractivity contribution in [2.24, 2.45) is 0 Å². The third-order valence-electron chi connectivity index (χ3n) is 3.79. The van der Waals surface area contributed by atoms with Crippen LogP contribution in [-0.4, -0.2) is 35.8 Å². The van der Waals surface area contributed by atoms with Crippen LogP contribution in [-0.2, 0) is 6.54 Å². The molecule has 0 aliphatic carbocycles. The number of halogens is 1. The maximum atomic E-state index is 12.3. The van der Waals surface area contributed by atoms with E-state index < -0.39 is 6.10 Å². The van der Waals surface area contributed by atoms with Gasteiger partial charge in [-0.05, 0) is 44.5 Å². The molecule has 0 spiro atoms. The lowest BCUT2D eigenvalue weighted by molar-refractivity contribution is 0.0949. The molecule has 6 heteroatoms. The average molecular weight is 391 g/mol. The summed E-state index contributed by atoms with van der Waals surface area (Å²) in [5.41, 5.74) is 1.40. The van der Waals surface area contributed by atoms with E-state index in [0.717, 1.165) is 5.56 Å². The van der Waals surface area contributed by atoms with Crippen molar-refractivity contribution in [3.8, 4) is 5.75 Å². The molecule has 5 nitrogen and oxygen atoms in total. The zero-order valence-corrected chi connectivity index (χ0v) is 16.7. The van der Waals surface area contributed by atoms with Crippen molar-refractivity contribution in [3.05, 3.63) is 64.7 Å². The van der Waals surface area contributed by atoms with E-state index in [1.54, 1.807) is 18.2 Å². The van der Waals surface area contributed by atoms with Crippen LogP contribution in [0.5, 0.6) is 5.75 Å². The Bertz CT molecular complexity index is 745. The molecule has 2 aromatic rings. The maximum absolute atomic E-state index is 12.3. The molecule has 27 heavy (non-hydrogen) atoms. The minimum absolute atomic E-state index is 0.0760. The van der Waals surface area contributed by atoms with Crippen LogP contribution in [0.25, 0.3) is 0 Å². The quantitative estimate of drug-likeness (QED) is 0.646. The van der Waals surface area contributed by atoms with E-state index in [1.807, 2.05) is 51.1 Å². The smallest absolute Gasteiger partial charge is 0.251 e. The Kier molecular flexibility index (Phi) is 7.66. The van der Waals surface area contributed by atoms with Gasteiger partial charge in [-0.15, -0.1) is 0 Å². The number of aliphatic hydroxyl groups is 1. The zero-order valence-electron chi connectivity index (χ0n) is 16.0. The Morgan fingerprint density at radius 2 is 1.89 bits per heavy atom. The van der Waals surface area contributed by atoms with Crippen LogP contribution in [0, 0.1) is 0 Å². The Hall–Kier alpha value is -2.08. The van der Waals surface area contributed by atoms with Gasteiger partial charge in [0.2, 0.25) is 0 Å². The normalized spacial score (nSPS) is 12.5. The molecule has 0 aliphatic heterocycles. The highest BCUT2D eigenvalue weighted by Gasteiger charge is 2.14. The van der Waals surface area contributed by atoms with E-state index in [4.69, 9.17) is 16.3 Å². The Morgan fingerprint density at radius 1 is 1.19 bits per heavy atom. The summed E-state index contributed by atoms with van der Waals surface area (Å²) in [6.45, 7) is 7.06. The number of nitrogens with one attached hydrogen (secondary N) is 2. The van der Waals surface area contributed by atoms with Crippen LogP contribution >= 0.6 is 11.6 Å². The number of aliphatic hydroxyl groups excluding tert-OH is 1. The molecule has 0 aromatic heterocycles. The molecular weight excluding hydrogens is 364 g/mol. The van der Waals surface area contributed by atoms with Crippen LogP contribution in [0.2, 0.25) is 5.02 Å². The maximum Gasteiger partial charge on any atom is 0.251 e. The second-order valence-corrected chi connectivity index (χ2v) is 7.82. The number of hydrogen-bond donors (Lipinski definition) is 3. The van der Waals surface area contributed by atoms with E-state index in [-0.39, 0.29) is 18.1 Å². The highest BCUT2D eigenvalue weighted by Crippen LogP contribution is 2.25. The lowest BCUT2D eigenvalue weighted by Crippen LogP contribution is -2.42. The molecule has 2 aromatic carbocycles. The minimum Gasteiger partial charge on any atom is -0.489 e. The van der Waals surface area contributed by atoms with Gasteiger partial charge in [0.15, 0.2) is 0 Å². The number of ether oxygens (including phenoxy) is 1. The molecule has 2 rings (SSSR count). The van der Waals surface area contributed by atoms with Gasteiger partial charge in [-0.2, -0.15) is 0 Å². The molecule has 1 atom stereocenters. The lowest BCUT2D eigenvalue weighted by Gasteiger charge is -2.23. The van der Waals surface area contributed by atoms with E-state index in [1.165, 1.54) is 0 Å². The van der Waals surface area contributed by atoms with Crippen molar-refractivity contribution in [2.45, 2.75) is 39.0 Å². The van der Waals surface area contributed by atoms with Crippen LogP contribution in [0.1, 0.15) is 36.7 Å². The number of β-amino-alcohol motifs (C(OH)–C–C–N with tert-alkyl or cyclic N) is 1. The van der Waals surface area contributed by atoms with E-state index in [9.17, 15) is 9.90 Å². The summed E-state index contributed by atoms with van der Waals surface area (Å²) in [4.78, 5) is 12.3. The van der Waals surface area contributed by atoms with E-state index in [0.29, 0.717) is 29.4 Å². The standard InChI is InChI=1S/C21H27ClN2O3/c1-21(2,3)24-13-17(25)14-27-19-10-9-16(11-18(19)22)20(26)23-12-15-7-5-4-6-8-15/h4-11,17,24-25H,12-14H2,1-3H3,(H,23,26). The largest absolute Gasteiger partial charge is 0.489 e. The molecule has 0 heterocycles. The molecular formula is C21H27ClN2O3. The minimum atomic E-state index is -0.658. The van der Waals surface area contributed by atoms with Crippen molar-refractivity contribution < 1.29 is 14.6 Å². The fraction of sp³-hybridized carbons (Fsp3) is 0.381. The van der Waals surface area contributed by atoms with Gasteiger partial charge in [-0.25, -0.2) is 0 Å². The second kappa shape index (κ2) is 9.74. The van der Waals surface area contributed by atoms with Gasteiger partial charge >= 0.3 is 0 Å². The average Bonchev–Trinajstić information content (AvgIpc) is 2.63. The predicted octanol–water partition coefficient (Wildman–Crippen LogP) is 3.40. The number of amides is 1. The van der Waals surface area contributed by atoms with E-state index >= 15 is 0 Å². The first kappa shape index (κ1) is 21.2. The molecule has 0 bridgehead atoms. The summed E-state index contributed by atoms with van der Waals surface area (Å²) in [6, 6.07) is 14.5. The van der Waals surface area contributed by atoms with Crippen molar-refractivity contribution >= 4 is 17.5 Å². The molecule has 1 amide bonds. The summed E-state index contributed by atoms with van der Waals surface area (Å²) in [7, 11) is 0. The number of hydrogen-bond acceptors (Lipinski definition) is 4. The van der Waals surface area contributed by atoms with Crippen molar-refractivity contribution in [1.82, 2.24) is 10.6 Å². The SMILES string of the molecule is CC(C)(C)NCC(O)COc1ccc(C(=O)NCc2ccccc2)cc1Cl. The first-order valence-corrected chi connectivity index (χ1v) is 9.30. The van der Waals surface area contributed by atoms with Gasteiger partial charge in [0.25, 0.3) is 5.91 Å². The molecule has 1 unspecified atom stereocenters. The molecule has 146 valence electrons. The van der Waals surface area contributed by atoms with Crippen molar-refractivity contribution in [1.29, 1.82) is 0 Å². The fourth-order valence-corrected chi connectivity index (χ4v) is 2.54. The third kappa shape index (κ3) is 7.59. The first-order valence-electron chi connectivity index (χ1n) is 8.92. The van der Waals surface area contributed by atoms with Crippen LogP contribution < -0.4 is 15.4 Å². The predicted molar refractivity (Wildman–Crippen MR) is 108 cm³/mol. The summed E-state index contributed by atoms with van der Waals surface area (Å²) in [5.74, 6) is 0.229. The van der Waals surface area contributed by atoms with Gasteiger partial charge in [0, 0.05) is 24.2 Å². The van der Waals surface area contributed by atoms with Crippen LogP contribution in [0.3, 0.4) is 0 Å². The summed E-state index contributed by atoms with van der Waals surface area (Å²) in [6.07, 6.45) is -0.658. The molecule has 0 saturated carbocycles. The van der Waals surface area contributed by atoms with Gasteiger partial charge in [0.1, 0.15) is 18.5 Å². The number of carbonyl (C=O) groups is 1. The van der Waals surface area contributed by atoms with Crippen molar-refractivity contribution in [2.75, 3.05) is 13.2 Å². The highest BCUT2D eigenvalue weighted by atomic mass is 35.5. The summed E-state index contributed by atoms with van der Waals surface area (Å²) < 4.78 is 5.57. The topological polar surface area (TPSA) is 70.6 Å². The molecule has 0 fully saturated rings. The van der Waals surface area contributed by atoms with Crippen molar-refractivity contribution in [3.63, 3.8) is 0 Å². The monoisotopic (exact) mass is 390 g/mol. The fourth-order valence-electron chi connectivity index (χ4n) is 2.31. The van der Waals surface area contributed by atoms with Gasteiger partial charge in [-0.3, -0.25) is 4.79 Å². The molecule has 0 saturated heterocycles. The second-order valence-electron chi connectivity index (χ2n) is 7.41. The lowest BCUT2D eigenvalue weighted by atomic mass is 10.1. The van der Waals surface area contributed by atoms with Gasteiger partial charge < -0.3 is 20.5 Å². The Balaban J connectivity index is 1.86. The highest BCUT2D eigenvalue weighted by molar-refractivity contribution is 6.32. The Labute approximate surface area is 165 Å². The first-order chi connectivity index (χ1) is 12.7. The molecule has 0 radical (unpaired) electrons. The van der Waals surface area contributed by atoms with Crippen LogP contribution in [0.4, 0.5) is 0 Å². The Morgan fingerprint density at radius 3 is 2.52 bits per heavy atom. The summed E-state index contributed by atoms with van der Waals surface area (Å²) >= 11 is 6.22. The number of carbonyl (C=O) groups excluding carboxylic acids is 1. The molecule has 0 aliphatic rings. The summed E-state index contributed by atoms with van der Waals surface area (Å²) in [5, 5.41) is 16.4. The van der Waals surface area contributed by atoms with Crippen LogP contribution in [0.15, 0.2) is 48.5 Å². The number of benzene rings is 2. The molecule has 3 N–H and O–H groups in total. The third-order valence-corrected chi connectivity index (χ3v) is 4.08. The van der Waals surface area contributed by atoms with E-state index in [2.05, 4.69) is 10.6 Å². The van der Waals surface area contributed by atoms with Gasteiger partial charge in [0.05, 0.1) is 5.02 Å². The zero-order chi connectivity index (χ0) is 19.9.